The van der Waals surface area contributed by atoms with Gasteiger partial charge in [-0.2, -0.15) is 0 Å². The highest BCUT2D eigenvalue weighted by Gasteiger charge is 2.13. The molecule has 0 bridgehead atoms. The maximum atomic E-state index is 6.10. The summed E-state index contributed by atoms with van der Waals surface area (Å²) in [6, 6.07) is 9.32. The van der Waals surface area contributed by atoms with Crippen LogP contribution < -0.4 is 5.73 Å². The summed E-state index contributed by atoms with van der Waals surface area (Å²) in [5.41, 5.74) is 7.43. The molecular formula is C12H7Cl2N3S. The summed E-state index contributed by atoms with van der Waals surface area (Å²) in [5.74, 6) is 0.938. The summed E-state index contributed by atoms with van der Waals surface area (Å²) in [4.78, 5) is 8.73. The summed E-state index contributed by atoms with van der Waals surface area (Å²) < 4.78 is 1.17. The Kier molecular flexibility index (Phi) is 2.86. The fourth-order valence-electron chi connectivity index (χ4n) is 1.71. The van der Waals surface area contributed by atoms with E-state index in [4.69, 9.17) is 28.9 Å². The van der Waals surface area contributed by atoms with Gasteiger partial charge in [-0.25, -0.2) is 9.97 Å². The van der Waals surface area contributed by atoms with Crippen molar-refractivity contribution in [1.82, 2.24) is 9.97 Å². The maximum Gasteiger partial charge on any atom is 0.164 e. The number of fused-ring (bicyclic) bond motifs is 1. The van der Waals surface area contributed by atoms with Gasteiger partial charge in [-0.1, -0.05) is 35.3 Å². The molecule has 0 atom stereocenters. The van der Waals surface area contributed by atoms with E-state index in [1.54, 1.807) is 6.07 Å². The molecule has 6 heteroatoms. The van der Waals surface area contributed by atoms with Crippen LogP contribution in [0, 0.1) is 0 Å². The number of thiophene rings is 1. The first-order chi connectivity index (χ1) is 8.65. The van der Waals surface area contributed by atoms with Crippen LogP contribution in [0.3, 0.4) is 0 Å². The fourth-order valence-corrected chi connectivity index (χ4v) is 3.17. The number of nitrogens with zero attached hydrogens (tertiary/aromatic N) is 2. The molecule has 2 heterocycles. The molecule has 0 saturated carbocycles. The lowest BCUT2D eigenvalue weighted by molar-refractivity contribution is 1.24. The van der Waals surface area contributed by atoms with Crippen molar-refractivity contribution in [3.63, 3.8) is 0 Å². The largest absolute Gasteiger partial charge is 0.383 e. The highest BCUT2D eigenvalue weighted by molar-refractivity contribution is 7.20. The number of anilines is 1. The van der Waals surface area contributed by atoms with Gasteiger partial charge in [0.1, 0.15) is 10.2 Å². The molecule has 0 unspecified atom stereocenters. The smallest absolute Gasteiger partial charge is 0.164 e. The molecular weight excluding hydrogens is 289 g/mol. The molecule has 3 nitrogen and oxygen atoms in total. The fraction of sp³-hybridized carbons (Fsp3) is 0. The number of nitrogens with two attached hydrogens (primary N) is 1. The van der Waals surface area contributed by atoms with Crippen LogP contribution in [0.4, 0.5) is 5.82 Å². The number of para-hydroxylation sites is 1. The van der Waals surface area contributed by atoms with E-state index >= 15 is 0 Å². The minimum Gasteiger partial charge on any atom is -0.383 e. The van der Waals surface area contributed by atoms with Crippen molar-refractivity contribution < 1.29 is 0 Å². The van der Waals surface area contributed by atoms with Gasteiger partial charge in [-0.15, -0.1) is 11.3 Å². The zero-order chi connectivity index (χ0) is 12.7. The third-order valence-electron chi connectivity index (χ3n) is 2.53. The Morgan fingerprint density at radius 3 is 2.61 bits per heavy atom. The molecule has 0 aliphatic heterocycles. The first-order valence-corrected chi connectivity index (χ1v) is 6.70. The van der Waals surface area contributed by atoms with E-state index in [0.29, 0.717) is 25.9 Å². The van der Waals surface area contributed by atoms with E-state index in [1.165, 1.54) is 11.3 Å². The third-order valence-corrected chi connectivity index (χ3v) is 4.02. The van der Waals surface area contributed by atoms with E-state index in [2.05, 4.69) is 9.97 Å². The van der Waals surface area contributed by atoms with E-state index in [-0.39, 0.29) is 0 Å². The number of nitrogen functional groups attached to an aromatic ring is 1. The Morgan fingerprint density at radius 2 is 1.89 bits per heavy atom. The number of hydrogen-bond acceptors (Lipinski definition) is 4. The average Bonchev–Trinajstić information content (AvgIpc) is 2.68. The monoisotopic (exact) mass is 295 g/mol. The second-order valence-corrected chi connectivity index (χ2v) is 5.97. The van der Waals surface area contributed by atoms with Gasteiger partial charge in [0, 0.05) is 5.39 Å². The summed E-state index contributed by atoms with van der Waals surface area (Å²) >= 11 is 13.3. The van der Waals surface area contributed by atoms with Crippen LogP contribution in [0.2, 0.25) is 8.67 Å². The summed E-state index contributed by atoms with van der Waals surface area (Å²) in [7, 11) is 0. The lowest BCUT2D eigenvalue weighted by atomic mass is 10.2. The van der Waals surface area contributed by atoms with Crippen molar-refractivity contribution in [1.29, 1.82) is 0 Å². The number of benzene rings is 1. The zero-order valence-corrected chi connectivity index (χ0v) is 11.4. The second-order valence-electron chi connectivity index (χ2n) is 3.69. The van der Waals surface area contributed by atoms with Gasteiger partial charge in [0.2, 0.25) is 0 Å². The number of rotatable bonds is 1. The van der Waals surface area contributed by atoms with Crippen molar-refractivity contribution in [3.05, 3.63) is 39.0 Å². The third kappa shape index (κ3) is 1.92. The first-order valence-electron chi connectivity index (χ1n) is 5.12. The van der Waals surface area contributed by atoms with Crippen LogP contribution in [0.1, 0.15) is 0 Å². The van der Waals surface area contributed by atoms with E-state index in [1.807, 2.05) is 24.3 Å². The zero-order valence-electron chi connectivity index (χ0n) is 9.02. The Balaban J connectivity index is 2.27. The van der Waals surface area contributed by atoms with Crippen molar-refractivity contribution >= 4 is 51.3 Å². The lowest BCUT2D eigenvalue weighted by Gasteiger charge is -2.04. The molecule has 18 heavy (non-hydrogen) atoms. The predicted molar refractivity (Wildman–Crippen MR) is 77.3 cm³/mol. The number of hydrogen-bond donors (Lipinski definition) is 1. The van der Waals surface area contributed by atoms with Gasteiger partial charge in [-0.3, -0.25) is 0 Å². The van der Waals surface area contributed by atoms with Crippen LogP contribution in [-0.4, -0.2) is 9.97 Å². The molecule has 90 valence electrons. The molecule has 3 aromatic rings. The highest BCUT2D eigenvalue weighted by atomic mass is 35.5. The van der Waals surface area contributed by atoms with Crippen LogP contribution in [-0.2, 0) is 0 Å². The van der Waals surface area contributed by atoms with Crippen LogP contribution >= 0.6 is 34.5 Å². The summed E-state index contributed by atoms with van der Waals surface area (Å²) in [5, 5.41) is 0.832. The molecule has 0 aliphatic rings. The minimum absolute atomic E-state index is 0.439. The topological polar surface area (TPSA) is 51.8 Å². The Bertz CT molecular complexity index is 739. The van der Waals surface area contributed by atoms with Crippen molar-refractivity contribution in [2.45, 2.75) is 0 Å². The average molecular weight is 296 g/mol. The SMILES string of the molecule is Nc1nc(-c2cc(Cl)sc2Cl)nc2ccccc12. The minimum atomic E-state index is 0.439. The molecule has 0 fully saturated rings. The molecule has 0 aliphatic carbocycles. The lowest BCUT2D eigenvalue weighted by Crippen LogP contribution is -1.97. The van der Waals surface area contributed by atoms with Crippen LogP contribution in [0.5, 0.6) is 0 Å². The molecule has 1 aromatic carbocycles. The van der Waals surface area contributed by atoms with Crippen molar-refractivity contribution in [2.75, 3.05) is 5.73 Å². The number of aromatic nitrogens is 2. The molecule has 0 radical (unpaired) electrons. The van der Waals surface area contributed by atoms with E-state index in [0.717, 1.165) is 10.9 Å². The molecule has 2 aromatic heterocycles. The van der Waals surface area contributed by atoms with E-state index < -0.39 is 0 Å². The first kappa shape index (κ1) is 11.7. The van der Waals surface area contributed by atoms with Gasteiger partial charge in [0.05, 0.1) is 15.4 Å². The Hall–Kier alpha value is -1.36. The predicted octanol–water partition coefficient (Wildman–Crippen LogP) is 4.25. The van der Waals surface area contributed by atoms with Crippen molar-refractivity contribution in [3.8, 4) is 11.4 Å². The quantitative estimate of drug-likeness (QED) is 0.730. The second kappa shape index (κ2) is 4.39. The van der Waals surface area contributed by atoms with Gasteiger partial charge in [-0.05, 0) is 18.2 Å². The van der Waals surface area contributed by atoms with Gasteiger partial charge >= 0.3 is 0 Å². The highest BCUT2D eigenvalue weighted by Crippen LogP contribution is 2.37. The van der Waals surface area contributed by atoms with Gasteiger partial charge < -0.3 is 5.73 Å². The van der Waals surface area contributed by atoms with Crippen molar-refractivity contribution in [2.24, 2.45) is 0 Å². The standard InChI is InChI=1S/C12H7Cl2N3S/c13-9-5-7(10(14)18-9)12-16-8-4-2-1-3-6(8)11(15)17-12/h1-5H,(H2,15,16,17). The van der Waals surface area contributed by atoms with Crippen LogP contribution in [0.15, 0.2) is 30.3 Å². The molecule has 0 saturated heterocycles. The maximum absolute atomic E-state index is 6.10. The summed E-state index contributed by atoms with van der Waals surface area (Å²) in [6.07, 6.45) is 0. The molecule has 0 amide bonds. The molecule has 0 spiro atoms. The van der Waals surface area contributed by atoms with Gasteiger partial charge in [0.15, 0.2) is 5.82 Å². The Morgan fingerprint density at radius 1 is 1.11 bits per heavy atom. The molecule has 3 rings (SSSR count). The molecule has 2 N–H and O–H groups in total. The van der Waals surface area contributed by atoms with E-state index in [9.17, 15) is 0 Å². The van der Waals surface area contributed by atoms with Crippen LogP contribution in [0.25, 0.3) is 22.3 Å². The number of halogens is 2. The van der Waals surface area contributed by atoms with Gasteiger partial charge in [0.25, 0.3) is 0 Å². The summed E-state index contributed by atoms with van der Waals surface area (Å²) in [6.45, 7) is 0. The Labute approximate surface area is 117 Å². The normalized spacial score (nSPS) is 11.0.